The Hall–Kier alpha value is -3.61. The van der Waals surface area contributed by atoms with E-state index < -0.39 is 5.91 Å². The van der Waals surface area contributed by atoms with Crippen molar-refractivity contribution in [1.29, 1.82) is 0 Å². The standard InChI is InChI=1S/C22H26N6O/c1-2-24-22(25-14-17-7-5-10-18(13-17)21(23)29)26-15-19-8-3-4-9-20(19)16-28-12-6-11-27-28/h3-13H,2,14-16H2,1H3,(H2,23,29)(H2,24,25,26). The van der Waals surface area contributed by atoms with E-state index in [0.717, 1.165) is 18.7 Å². The van der Waals surface area contributed by atoms with Crippen LogP contribution in [0.2, 0.25) is 0 Å². The summed E-state index contributed by atoms with van der Waals surface area (Å²) in [5.74, 6) is 0.278. The van der Waals surface area contributed by atoms with E-state index in [9.17, 15) is 4.79 Å². The van der Waals surface area contributed by atoms with Gasteiger partial charge in [0.15, 0.2) is 5.96 Å². The van der Waals surface area contributed by atoms with E-state index >= 15 is 0 Å². The lowest BCUT2D eigenvalue weighted by atomic mass is 10.1. The number of rotatable bonds is 8. The van der Waals surface area contributed by atoms with Crippen molar-refractivity contribution >= 4 is 11.9 Å². The smallest absolute Gasteiger partial charge is 0.248 e. The van der Waals surface area contributed by atoms with Gasteiger partial charge in [0.2, 0.25) is 5.91 Å². The molecular weight excluding hydrogens is 364 g/mol. The second-order valence-electron chi connectivity index (χ2n) is 6.59. The third-order valence-electron chi connectivity index (χ3n) is 4.43. The number of carbonyl (C=O) groups is 1. The summed E-state index contributed by atoms with van der Waals surface area (Å²) in [6.07, 6.45) is 3.74. The van der Waals surface area contributed by atoms with Gasteiger partial charge in [-0.3, -0.25) is 9.48 Å². The van der Waals surface area contributed by atoms with Crippen molar-refractivity contribution in [3.05, 3.63) is 89.2 Å². The molecule has 0 aliphatic carbocycles. The van der Waals surface area contributed by atoms with Gasteiger partial charge in [-0.1, -0.05) is 36.4 Å². The first kappa shape index (κ1) is 20.1. The molecular formula is C22H26N6O. The van der Waals surface area contributed by atoms with Crippen molar-refractivity contribution in [3.8, 4) is 0 Å². The van der Waals surface area contributed by atoms with Crippen LogP contribution >= 0.6 is 0 Å². The number of aromatic nitrogens is 2. The number of carbonyl (C=O) groups excluding carboxylic acids is 1. The average Bonchev–Trinajstić information content (AvgIpc) is 3.24. The molecule has 0 spiro atoms. The lowest BCUT2D eigenvalue weighted by Gasteiger charge is -2.14. The quantitative estimate of drug-likeness (QED) is 0.406. The number of hydrogen-bond acceptors (Lipinski definition) is 3. The minimum Gasteiger partial charge on any atom is -0.366 e. The molecule has 1 amide bonds. The van der Waals surface area contributed by atoms with E-state index in [1.54, 1.807) is 18.3 Å². The van der Waals surface area contributed by atoms with Crippen LogP contribution in [0.15, 0.2) is 72.0 Å². The molecule has 0 saturated carbocycles. The Kier molecular flexibility index (Phi) is 7.00. The number of nitrogens with one attached hydrogen (secondary N) is 2. The van der Waals surface area contributed by atoms with E-state index in [1.165, 1.54) is 11.1 Å². The van der Waals surface area contributed by atoms with Gasteiger partial charge in [0, 0.05) is 31.0 Å². The van der Waals surface area contributed by atoms with Crippen molar-refractivity contribution in [2.75, 3.05) is 6.54 Å². The highest BCUT2D eigenvalue weighted by Gasteiger charge is 2.05. The van der Waals surface area contributed by atoms with Crippen LogP contribution < -0.4 is 16.4 Å². The lowest BCUT2D eigenvalue weighted by Crippen LogP contribution is -2.37. The third kappa shape index (κ3) is 5.93. The summed E-state index contributed by atoms with van der Waals surface area (Å²) in [6.45, 7) is 4.59. The molecule has 0 unspecified atom stereocenters. The summed E-state index contributed by atoms with van der Waals surface area (Å²) in [6, 6.07) is 17.4. The monoisotopic (exact) mass is 390 g/mol. The largest absolute Gasteiger partial charge is 0.366 e. The molecule has 3 aromatic rings. The van der Waals surface area contributed by atoms with Crippen molar-refractivity contribution in [3.63, 3.8) is 0 Å². The highest BCUT2D eigenvalue weighted by atomic mass is 16.1. The molecule has 1 heterocycles. The molecule has 0 saturated heterocycles. The predicted molar refractivity (Wildman–Crippen MR) is 114 cm³/mol. The van der Waals surface area contributed by atoms with Crippen LogP contribution in [0.5, 0.6) is 0 Å². The molecule has 0 radical (unpaired) electrons. The second kappa shape index (κ2) is 10.1. The fourth-order valence-electron chi connectivity index (χ4n) is 2.97. The molecule has 0 bridgehead atoms. The summed E-state index contributed by atoms with van der Waals surface area (Å²) >= 11 is 0. The minimum atomic E-state index is -0.436. The van der Waals surface area contributed by atoms with Gasteiger partial charge in [-0.05, 0) is 41.8 Å². The Labute approximate surface area is 170 Å². The molecule has 0 fully saturated rings. The fraction of sp³-hybridized carbons (Fsp3) is 0.227. The Morgan fingerprint density at radius 1 is 1.10 bits per heavy atom. The number of nitrogens with zero attached hydrogens (tertiary/aromatic N) is 3. The zero-order valence-corrected chi connectivity index (χ0v) is 16.5. The number of nitrogens with two attached hydrogens (primary N) is 1. The van der Waals surface area contributed by atoms with E-state index in [2.05, 4.69) is 32.9 Å². The number of hydrogen-bond donors (Lipinski definition) is 3. The molecule has 7 nitrogen and oxygen atoms in total. The summed E-state index contributed by atoms with van der Waals surface area (Å²) < 4.78 is 1.91. The maximum absolute atomic E-state index is 11.4. The average molecular weight is 390 g/mol. The maximum Gasteiger partial charge on any atom is 0.248 e. The molecule has 4 N–H and O–H groups in total. The molecule has 2 aromatic carbocycles. The number of guanidine groups is 1. The summed E-state index contributed by atoms with van der Waals surface area (Å²) in [7, 11) is 0. The van der Waals surface area contributed by atoms with Gasteiger partial charge in [0.1, 0.15) is 0 Å². The molecule has 150 valence electrons. The van der Waals surface area contributed by atoms with Crippen molar-refractivity contribution in [1.82, 2.24) is 20.4 Å². The molecule has 0 aliphatic rings. The molecule has 7 heteroatoms. The number of aliphatic imine (C=N–C) groups is 1. The van der Waals surface area contributed by atoms with E-state index in [4.69, 9.17) is 5.73 Å². The summed E-state index contributed by atoms with van der Waals surface area (Å²) in [4.78, 5) is 16.0. The summed E-state index contributed by atoms with van der Waals surface area (Å²) in [5.41, 5.74) is 9.16. The van der Waals surface area contributed by atoms with Crippen molar-refractivity contribution < 1.29 is 4.79 Å². The topological polar surface area (TPSA) is 97.3 Å². The first-order valence-corrected chi connectivity index (χ1v) is 9.61. The van der Waals surface area contributed by atoms with Crippen molar-refractivity contribution in [2.45, 2.75) is 26.6 Å². The molecule has 1 aromatic heterocycles. The zero-order valence-electron chi connectivity index (χ0n) is 16.5. The second-order valence-corrected chi connectivity index (χ2v) is 6.59. The molecule has 0 aliphatic heterocycles. The van der Waals surface area contributed by atoms with Gasteiger partial charge in [-0.2, -0.15) is 5.10 Å². The van der Waals surface area contributed by atoms with E-state index in [0.29, 0.717) is 24.6 Å². The first-order chi connectivity index (χ1) is 14.2. The Morgan fingerprint density at radius 2 is 1.93 bits per heavy atom. The zero-order chi connectivity index (χ0) is 20.5. The maximum atomic E-state index is 11.4. The van der Waals surface area contributed by atoms with Crippen molar-refractivity contribution in [2.24, 2.45) is 10.7 Å². The molecule has 29 heavy (non-hydrogen) atoms. The van der Waals surface area contributed by atoms with Crippen LogP contribution in [0.3, 0.4) is 0 Å². The van der Waals surface area contributed by atoms with Crippen LogP contribution in [0.1, 0.15) is 34.0 Å². The van der Waals surface area contributed by atoms with Gasteiger partial charge in [0.25, 0.3) is 0 Å². The number of benzene rings is 2. The Morgan fingerprint density at radius 3 is 2.66 bits per heavy atom. The predicted octanol–water partition coefficient (Wildman–Crippen LogP) is 2.29. The van der Waals surface area contributed by atoms with Crippen LogP contribution in [0.4, 0.5) is 0 Å². The van der Waals surface area contributed by atoms with Crippen LogP contribution in [0.25, 0.3) is 0 Å². The Bertz CT molecular complexity index is 965. The van der Waals surface area contributed by atoms with Crippen LogP contribution in [-0.4, -0.2) is 28.2 Å². The van der Waals surface area contributed by atoms with Gasteiger partial charge in [-0.25, -0.2) is 4.99 Å². The number of amides is 1. The summed E-state index contributed by atoms with van der Waals surface area (Å²) in [5, 5.41) is 10.9. The number of primary amides is 1. The normalized spacial score (nSPS) is 11.3. The van der Waals surface area contributed by atoms with Crippen LogP contribution in [-0.2, 0) is 19.6 Å². The Balaban J connectivity index is 1.67. The lowest BCUT2D eigenvalue weighted by molar-refractivity contribution is 0.1000. The van der Waals surface area contributed by atoms with Gasteiger partial charge in [-0.15, -0.1) is 0 Å². The molecule has 3 rings (SSSR count). The third-order valence-corrected chi connectivity index (χ3v) is 4.43. The van der Waals surface area contributed by atoms with Gasteiger partial charge >= 0.3 is 0 Å². The van der Waals surface area contributed by atoms with Gasteiger partial charge in [0.05, 0.1) is 13.1 Å². The fourth-order valence-corrected chi connectivity index (χ4v) is 2.97. The first-order valence-electron chi connectivity index (χ1n) is 9.61. The van der Waals surface area contributed by atoms with Gasteiger partial charge < -0.3 is 16.4 Å². The highest BCUT2D eigenvalue weighted by Crippen LogP contribution is 2.10. The van der Waals surface area contributed by atoms with E-state index in [-0.39, 0.29) is 0 Å². The SMILES string of the molecule is CCNC(=NCc1cccc(C(N)=O)c1)NCc1ccccc1Cn1cccn1. The minimum absolute atomic E-state index is 0.436. The molecule has 0 atom stereocenters. The highest BCUT2D eigenvalue weighted by molar-refractivity contribution is 5.92. The van der Waals surface area contributed by atoms with Crippen LogP contribution in [0, 0.1) is 0 Å². The van der Waals surface area contributed by atoms with E-state index in [1.807, 2.05) is 48.1 Å².